The van der Waals surface area contributed by atoms with Crippen LogP contribution in [-0.2, 0) is 52.1 Å². The maximum atomic E-state index is 11.5. The molecule has 17 N–H and O–H groups in total. The molecule has 6 rings (SSSR count). The summed E-state index contributed by atoms with van der Waals surface area (Å²) in [6.07, 6.45) is -50.8. The third kappa shape index (κ3) is 10.3. The molecule has 61 heavy (non-hydrogen) atoms. The largest absolute Gasteiger partial charge is 0.394 e. The van der Waals surface area contributed by atoms with Crippen molar-refractivity contribution in [3.8, 4) is 0 Å². The molecule has 0 amide bonds. The minimum Gasteiger partial charge on any atom is -0.394 e. The number of hydrogen-bond donors (Lipinski definition) is 17. The molecule has 0 radical (unpaired) electrons. The predicted molar refractivity (Wildman–Crippen MR) is 181 cm³/mol. The van der Waals surface area contributed by atoms with Crippen molar-refractivity contribution in [2.75, 3.05) is 39.6 Å². The van der Waals surface area contributed by atoms with Gasteiger partial charge in [-0.3, -0.25) is 0 Å². The lowest BCUT2D eigenvalue weighted by atomic mass is 9.95. The molecule has 27 atom stereocenters. The van der Waals surface area contributed by atoms with Crippen LogP contribution in [0.3, 0.4) is 0 Å². The molecule has 0 bridgehead atoms. The number of aliphatic hydroxyl groups excluding tert-OH is 17. The van der Waals surface area contributed by atoms with E-state index in [1.54, 1.807) is 0 Å². The van der Waals surface area contributed by atoms with Crippen LogP contribution in [0, 0.1) is 0 Å². The molecule has 0 aromatic carbocycles. The summed E-state index contributed by atoms with van der Waals surface area (Å²) < 4.78 is 61.8. The molecule has 28 nitrogen and oxygen atoms in total. The van der Waals surface area contributed by atoms with E-state index in [2.05, 4.69) is 0 Å². The van der Waals surface area contributed by atoms with Gasteiger partial charge < -0.3 is 139 Å². The average molecular weight is 901 g/mol. The summed E-state index contributed by atoms with van der Waals surface area (Å²) in [4.78, 5) is 0. The third-order valence-corrected chi connectivity index (χ3v) is 11.3. The second-order valence-electron chi connectivity index (χ2n) is 15.4. The van der Waals surface area contributed by atoms with Crippen LogP contribution in [0.1, 0.15) is 0 Å². The van der Waals surface area contributed by atoms with E-state index in [9.17, 15) is 86.8 Å². The van der Waals surface area contributed by atoms with Gasteiger partial charge in [0.15, 0.2) is 37.7 Å². The van der Waals surface area contributed by atoms with Crippen LogP contribution in [0.5, 0.6) is 0 Å². The van der Waals surface area contributed by atoms with Crippen molar-refractivity contribution >= 4 is 0 Å². The normalized spacial score (nSPS) is 53.8. The second-order valence-corrected chi connectivity index (χ2v) is 15.4. The Hall–Kier alpha value is -1.12. The van der Waals surface area contributed by atoms with Gasteiger partial charge >= 0.3 is 0 Å². The Bertz CT molecular complexity index is 1360. The Labute approximate surface area is 344 Å². The molecule has 6 fully saturated rings. The summed E-state index contributed by atoms with van der Waals surface area (Å²) in [5, 5.41) is 179. The molecule has 6 heterocycles. The lowest BCUT2D eigenvalue weighted by Gasteiger charge is -2.50. The van der Waals surface area contributed by atoms with Crippen molar-refractivity contribution in [1.82, 2.24) is 0 Å². The van der Waals surface area contributed by atoms with E-state index in [0.29, 0.717) is 0 Å². The molecule has 0 aliphatic carbocycles. The summed E-state index contributed by atoms with van der Waals surface area (Å²) in [5.41, 5.74) is 0. The molecular weight excluding hydrogens is 844 g/mol. The van der Waals surface area contributed by atoms with Crippen molar-refractivity contribution < 1.29 is 139 Å². The van der Waals surface area contributed by atoms with E-state index in [-0.39, 0.29) is 0 Å². The highest BCUT2D eigenvalue weighted by atomic mass is 16.8. The fraction of sp³-hybridized carbons (Fsp3) is 1.00. The third-order valence-electron chi connectivity index (χ3n) is 11.3. The van der Waals surface area contributed by atoms with Gasteiger partial charge in [0, 0.05) is 0 Å². The number of aliphatic hydroxyl groups is 17. The van der Waals surface area contributed by atoms with Crippen molar-refractivity contribution in [2.45, 2.75) is 166 Å². The molecule has 356 valence electrons. The number of hydrogen-bond acceptors (Lipinski definition) is 28. The Balaban J connectivity index is 1.31. The van der Waals surface area contributed by atoms with E-state index in [1.807, 2.05) is 0 Å². The first kappa shape index (κ1) is 49.3. The summed E-state index contributed by atoms with van der Waals surface area (Å²) in [7, 11) is 0. The fourth-order valence-corrected chi connectivity index (χ4v) is 7.61. The van der Waals surface area contributed by atoms with E-state index < -0.39 is 206 Å². The van der Waals surface area contributed by atoms with Crippen LogP contribution in [0.4, 0.5) is 0 Å². The number of rotatable bonds is 13. The first-order chi connectivity index (χ1) is 28.9. The quantitative estimate of drug-likeness (QED) is 0.0816. The molecule has 6 saturated heterocycles. The van der Waals surface area contributed by atoms with Crippen LogP contribution in [0.25, 0.3) is 0 Å². The van der Waals surface area contributed by atoms with Crippen molar-refractivity contribution in [3.05, 3.63) is 0 Å². The monoisotopic (exact) mass is 900 g/mol. The van der Waals surface area contributed by atoms with Crippen molar-refractivity contribution in [2.24, 2.45) is 0 Å². The van der Waals surface area contributed by atoms with Gasteiger partial charge in [-0.2, -0.15) is 0 Å². The van der Waals surface area contributed by atoms with Gasteiger partial charge in [0.25, 0.3) is 0 Å². The zero-order valence-electron chi connectivity index (χ0n) is 31.9. The van der Waals surface area contributed by atoms with E-state index in [1.165, 1.54) is 0 Å². The van der Waals surface area contributed by atoms with Crippen molar-refractivity contribution in [3.63, 3.8) is 0 Å². The molecule has 0 saturated carbocycles. The van der Waals surface area contributed by atoms with E-state index >= 15 is 0 Å². The van der Waals surface area contributed by atoms with Crippen LogP contribution in [0.15, 0.2) is 0 Å². The Morgan fingerprint density at radius 2 is 0.639 bits per heavy atom. The first-order valence-electron chi connectivity index (χ1n) is 19.4. The molecule has 28 heteroatoms. The Morgan fingerprint density at radius 1 is 0.311 bits per heavy atom. The predicted octanol–water partition coefficient (Wildman–Crippen LogP) is -12.2. The van der Waals surface area contributed by atoms with Crippen LogP contribution >= 0.6 is 0 Å². The lowest BCUT2D eigenvalue weighted by molar-refractivity contribution is -0.411. The first-order valence-corrected chi connectivity index (χ1v) is 19.4. The van der Waals surface area contributed by atoms with Gasteiger partial charge in [-0.05, 0) is 0 Å². The van der Waals surface area contributed by atoms with Crippen LogP contribution in [0.2, 0.25) is 0 Å². The van der Waals surface area contributed by atoms with E-state index in [0.717, 1.165) is 0 Å². The van der Waals surface area contributed by atoms with E-state index in [4.69, 9.17) is 52.1 Å². The maximum absolute atomic E-state index is 11.5. The highest BCUT2D eigenvalue weighted by Gasteiger charge is 2.58. The zero-order valence-corrected chi connectivity index (χ0v) is 31.9. The molecule has 6 aliphatic rings. The second kappa shape index (κ2) is 21.0. The van der Waals surface area contributed by atoms with Crippen LogP contribution in [-0.4, -0.2) is 292 Å². The minimum atomic E-state index is -2.21. The summed E-state index contributed by atoms with van der Waals surface area (Å²) in [5.74, 6) is 0. The molecule has 0 spiro atoms. The standard InChI is InChI=1S/C33H56O28/c34-1-10-17(44)24(26(28(50)54-10)60-32-22(49)23(16(43)11(2-35)55-32)57-29-19(46)13(40)7(37)4-51-29)59-33-27(61-31-21(48)15(42)9(39)6-53-31)25(18(45)12(3-36)56-33)58-30-20(47)14(41)8(38)5-52-30/h7-50H,1-6H2/t7-,8-,9-,10-,11-,12-,13+,14+,15+,16+,17-,18-,19-,20-,21-,22-,23+,24+,25+,26-,27-,28-,29+,30+,31+,32+,33+/m1/s1. The number of ether oxygens (including phenoxy) is 11. The minimum absolute atomic E-state index is 0.544. The molecular formula is C33H56O28. The molecule has 0 unspecified atom stereocenters. The highest BCUT2D eigenvalue weighted by Crippen LogP contribution is 2.37. The Morgan fingerprint density at radius 3 is 1.08 bits per heavy atom. The summed E-state index contributed by atoms with van der Waals surface area (Å²) in [6, 6.07) is 0. The smallest absolute Gasteiger partial charge is 0.187 e. The molecule has 6 aliphatic heterocycles. The van der Waals surface area contributed by atoms with Gasteiger partial charge in [0.2, 0.25) is 0 Å². The Kier molecular flexibility index (Phi) is 17.0. The van der Waals surface area contributed by atoms with Crippen molar-refractivity contribution in [1.29, 1.82) is 0 Å². The van der Waals surface area contributed by atoms with Crippen LogP contribution < -0.4 is 0 Å². The lowest BCUT2D eigenvalue weighted by Crippen LogP contribution is -2.69. The topological polar surface area (TPSA) is 445 Å². The average Bonchev–Trinajstić information content (AvgIpc) is 3.24. The van der Waals surface area contributed by atoms with Gasteiger partial charge in [0.1, 0.15) is 128 Å². The SMILES string of the molecule is OC[C@H]1O[C@@H](O[C@@H]2[C@@H](O[C@@H]3O[C@H](CO)[C@@H](O)[C@H](O[C@@H]4OC[C@@H](O)[C@H](O)[C@H]4O)[C@H]3O[C@@H]3OC[C@@H](O)[C@H](O)[C@H]3O)[C@H](O)[C@@H](CO)O[C@H]2O)[C@H](O)[C@@H](O[C@@H]2OC[C@@H](O)[C@H](O)[C@H]2O)[C@H]1O. The van der Waals surface area contributed by atoms with Gasteiger partial charge in [-0.1, -0.05) is 0 Å². The summed E-state index contributed by atoms with van der Waals surface area (Å²) >= 11 is 0. The highest BCUT2D eigenvalue weighted by molar-refractivity contribution is 4.99. The molecule has 0 aromatic rings. The van der Waals surface area contributed by atoms with Gasteiger partial charge in [0.05, 0.1) is 39.6 Å². The van der Waals surface area contributed by atoms with Gasteiger partial charge in [-0.15, -0.1) is 0 Å². The van der Waals surface area contributed by atoms with Gasteiger partial charge in [-0.25, -0.2) is 0 Å². The molecule has 0 aromatic heterocycles. The summed E-state index contributed by atoms with van der Waals surface area (Å²) in [6.45, 7) is -4.69. The zero-order chi connectivity index (χ0) is 44.6. The maximum Gasteiger partial charge on any atom is 0.187 e. The fourth-order valence-electron chi connectivity index (χ4n) is 7.61.